The van der Waals surface area contributed by atoms with Crippen LogP contribution in [0, 0.1) is 12.7 Å². The molecule has 0 aliphatic heterocycles. The van der Waals surface area contributed by atoms with Crippen molar-refractivity contribution in [2.24, 2.45) is 7.05 Å². The van der Waals surface area contributed by atoms with Gasteiger partial charge in [0.05, 0.1) is 11.9 Å². The maximum absolute atomic E-state index is 13.9. The summed E-state index contributed by atoms with van der Waals surface area (Å²) in [5.74, 6) is 0.134. The van der Waals surface area contributed by atoms with Crippen molar-refractivity contribution in [3.8, 4) is 22.8 Å². The molecule has 2 heterocycles. The van der Waals surface area contributed by atoms with E-state index in [0.717, 1.165) is 11.1 Å². The normalized spacial score (nSPS) is 10.7. The predicted molar refractivity (Wildman–Crippen MR) is 82.1 cm³/mol. The molecule has 0 unspecified atom stereocenters. The standard InChI is InChI=1S/C16H15FN4O/c1-10-5-16(13(17)7-14(10)18)22-12-3-4-19-15(6-12)11-8-20-21(2)9-11/h3-9H,18H2,1-2H3. The summed E-state index contributed by atoms with van der Waals surface area (Å²) in [6.45, 7) is 1.80. The van der Waals surface area contributed by atoms with Crippen molar-refractivity contribution in [1.29, 1.82) is 0 Å². The van der Waals surface area contributed by atoms with Crippen LogP contribution in [-0.4, -0.2) is 14.8 Å². The predicted octanol–water partition coefficient (Wildman–Crippen LogP) is 3.30. The van der Waals surface area contributed by atoms with Crippen molar-refractivity contribution >= 4 is 5.69 Å². The highest BCUT2D eigenvalue weighted by Gasteiger charge is 2.09. The first-order valence-electron chi connectivity index (χ1n) is 6.71. The molecular weight excluding hydrogens is 283 g/mol. The van der Waals surface area contributed by atoms with Crippen LogP contribution < -0.4 is 10.5 Å². The number of nitrogens with zero attached hydrogens (tertiary/aromatic N) is 3. The van der Waals surface area contributed by atoms with Gasteiger partial charge in [-0.2, -0.15) is 5.10 Å². The maximum Gasteiger partial charge on any atom is 0.167 e. The fourth-order valence-electron chi connectivity index (χ4n) is 2.06. The molecule has 5 nitrogen and oxygen atoms in total. The number of ether oxygens (including phenoxy) is 1. The van der Waals surface area contributed by atoms with Crippen molar-refractivity contribution in [3.05, 3.63) is 54.2 Å². The Labute approximate surface area is 127 Å². The molecule has 2 N–H and O–H groups in total. The molecule has 0 aliphatic carbocycles. The third-order valence-electron chi connectivity index (χ3n) is 3.28. The van der Waals surface area contributed by atoms with Crippen LogP contribution in [0.25, 0.3) is 11.3 Å². The first kappa shape index (κ1) is 14.1. The topological polar surface area (TPSA) is 66.0 Å². The van der Waals surface area contributed by atoms with Gasteiger partial charge in [-0.05, 0) is 24.6 Å². The second kappa shape index (κ2) is 5.48. The van der Waals surface area contributed by atoms with E-state index in [1.807, 2.05) is 13.2 Å². The van der Waals surface area contributed by atoms with Crippen molar-refractivity contribution in [2.45, 2.75) is 6.92 Å². The molecular formula is C16H15FN4O. The van der Waals surface area contributed by atoms with E-state index in [2.05, 4.69) is 10.1 Å². The van der Waals surface area contributed by atoms with Gasteiger partial charge in [-0.3, -0.25) is 9.67 Å². The van der Waals surface area contributed by atoms with E-state index < -0.39 is 5.82 Å². The third kappa shape index (κ3) is 2.76. The van der Waals surface area contributed by atoms with Gasteiger partial charge in [-0.15, -0.1) is 0 Å². The highest BCUT2D eigenvalue weighted by Crippen LogP contribution is 2.29. The molecule has 6 heteroatoms. The van der Waals surface area contributed by atoms with Gasteiger partial charge >= 0.3 is 0 Å². The highest BCUT2D eigenvalue weighted by atomic mass is 19.1. The summed E-state index contributed by atoms with van der Waals surface area (Å²) in [4.78, 5) is 4.27. The molecule has 2 aromatic heterocycles. The van der Waals surface area contributed by atoms with Crippen LogP contribution in [0.1, 0.15) is 5.56 Å². The van der Waals surface area contributed by atoms with E-state index in [-0.39, 0.29) is 5.75 Å². The minimum Gasteiger partial charge on any atom is -0.454 e. The van der Waals surface area contributed by atoms with Gasteiger partial charge in [0.2, 0.25) is 0 Å². The molecule has 0 bridgehead atoms. The first-order chi connectivity index (χ1) is 10.5. The van der Waals surface area contributed by atoms with Gasteiger partial charge in [0.25, 0.3) is 0 Å². The Morgan fingerprint density at radius 1 is 1.27 bits per heavy atom. The van der Waals surface area contributed by atoms with E-state index in [1.54, 1.807) is 42.2 Å². The van der Waals surface area contributed by atoms with Crippen LogP contribution in [0.3, 0.4) is 0 Å². The quantitative estimate of drug-likeness (QED) is 0.753. The summed E-state index contributed by atoms with van der Waals surface area (Å²) in [6.07, 6.45) is 5.17. The summed E-state index contributed by atoms with van der Waals surface area (Å²) in [5, 5.41) is 4.10. The van der Waals surface area contributed by atoms with Crippen LogP contribution >= 0.6 is 0 Å². The molecule has 0 atom stereocenters. The number of nitrogen functional groups attached to an aromatic ring is 1. The van der Waals surface area contributed by atoms with Gasteiger partial charge in [0.15, 0.2) is 11.6 Å². The van der Waals surface area contributed by atoms with Crippen LogP contribution in [-0.2, 0) is 7.05 Å². The smallest absolute Gasteiger partial charge is 0.167 e. The number of anilines is 1. The Morgan fingerprint density at radius 2 is 2.09 bits per heavy atom. The summed E-state index contributed by atoms with van der Waals surface area (Å²) in [6, 6.07) is 6.25. The molecule has 0 fully saturated rings. The van der Waals surface area contributed by atoms with E-state index in [4.69, 9.17) is 10.5 Å². The molecule has 0 spiro atoms. The highest BCUT2D eigenvalue weighted by molar-refractivity contribution is 5.59. The lowest BCUT2D eigenvalue weighted by atomic mass is 10.2. The Bertz CT molecular complexity index is 829. The summed E-state index contributed by atoms with van der Waals surface area (Å²) >= 11 is 0. The van der Waals surface area contributed by atoms with Gasteiger partial charge in [-0.25, -0.2) is 4.39 Å². The number of nitrogens with two attached hydrogens (primary N) is 1. The fourth-order valence-corrected chi connectivity index (χ4v) is 2.06. The Balaban J connectivity index is 1.92. The average Bonchev–Trinajstić information content (AvgIpc) is 2.92. The molecule has 112 valence electrons. The number of pyridine rings is 1. The van der Waals surface area contributed by atoms with Crippen molar-refractivity contribution in [2.75, 3.05) is 5.73 Å². The number of aromatic nitrogens is 3. The number of aryl methyl sites for hydroxylation is 2. The summed E-state index contributed by atoms with van der Waals surface area (Å²) < 4.78 is 21.2. The van der Waals surface area contributed by atoms with Gasteiger partial charge in [0.1, 0.15) is 5.75 Å². The zero-order valence-electron chi connectivity index (χ0n) is 12.2. The molecule has 3 aromatic rings. The van der Waals surface area contributed by atoms with E-state index in [1.165, 1.54) is 6.07 Å². The number of hydrogen-bond donors (Lipinski definition) is 1. The Kier molecular flexibility index (Phi) is 3.50. The molecule has 3 rings (SSSR count). The largest absolute Gasteiger partial charge is 0.454 e. The van der Waals surface area contributed by atoms with Crippen LogP contribution in [0.15, 0.2) is 42.9 Å². The van der Waals surface area contributed by atoms with Crippen molar-refractivity contribution < 1.29 is 9.13 Å². The number of benzene rings is 1. The average molecular weight is 298 g/mol. The Hall–Kier alpha value is -2.89. The lowest BCUT2D eigenvalue weighted by Gasteiger charge is -2.10. The number of rotatable bonds is 3. The molecule has 22 heavy (non-hydrogen) atoms. The van der Waals surface area contributed by atoms with Crippen molar-refractivity contribution in [3.63, 3.8) is 0 Å². The zero-order chi connectivity index (χ0) is 15.7. The first-order valence-corrected chi connectivity index (χ1v) is 6.71. The second-order valence-corrected chi connectivity index (χ2v) is 5.02. The molecule has 0 amide bonds. The molecule has 0 radical (unpaired) electrons. The minimum absolute atomic E-state index is 0.134. The maximum atomic E-state index is 13.9. The van der Waals surface area contributed by atoms with Gasteiger partial charge in [0, 0.05) is 42.8 Å². The molecule has 0 aliphatic rings. The van der Waals surface area contributed by atoms with Crippen LogP contribution in [0.2, 0.25) is 0 Å². The minimum atomic E-state index is -0.497. The lowest BCUT2D eigenvalue weighted by Crippen LogP contribution is -1.95. The van der Waals surface area contributed by atoms with Gasteiger partial charge in [-0.1, -0.05) is 0 Å². The van der Waals surface area contributed by atoms with Crippen LogP contribution in [0.5, 0.6) is 11.5 Å². The van der Waals surface area contributed by atoms with E-state index in [9.17, 15) is 4.39 Å². The lowest BCUT2D eigenvalue weighted by molar-refractivity contribution is 0.442. The Morgan fingerprint density at radius 3 is 2.82 bits per heavy atom. The van der Waals surface area contributed by atoms with E-state index >= 15 is 0 Å². The fraction of sp³-hybridized carbons (Fsp3) is 0.125. The van der Waals surface area contributed by atoms with Crippen molar-refractivity contribution in [1.82, 2.24) is 14.8 Å². The summed E-state index contributed by atoms with van der Waals surface area (Å²) in [5.41, 5.74) is 8.40. The zero-order valence-corrected chi connectivity index (χ0v) is 12.2. The number of halogens is 1. The second-order valence-electron chi connectivity index (χ2n) is 5.02. The van der Waals surface area contributed by atoms with Gasteiger partial charge < -0.3 is 10.5 Å². The molecule has 0 saturated carbocycles. The number of hydrogen-bond acceptors (Lipinski definition) is 4. The van der Waals surface area contributed by atoms with Crippen LogP contribution in [0.4, 0.5) is 10.1 Å². The monoisotopic (exact) mass is 298 g/mol. The SMILES string of the molecule is Cc1cc(Oc2ccnc(-c3cnn(C)c3)c2)c(F)cc1N. The molecule has 1 aromatic carbocycles. The summed E-state index contributed by atoms with van der Waals surface area (Å²) in [7, 11) is 1.83. The molecule has 0 saturated heterocycles. The van der Waals surface area contributed by atoms with E-state index in [0.29, 0.717) is 17.1 Å². The third-order valence-corrected chi connectivity index (χ3v) is 3.28.